The Balaban J connectivity index is 1.54. The molecule has 6 nitrogen and oxygen atoms in total. The Kier molecular flexibility index (Phi) is 5.53. The molecule has 6 heteroatoms. The van der Waals surface area contributed by atoms with Crippen molar-refractivity contribution < 1.29 is 14.3 Å². The summed E-state index contributed by atoms with van der Waals surface area (Å²) in [5.41, 5.74) is 5.56. The van der Waals surface area contributed by atoms with E-state index in [-0.39, 0.29) is 5.91 Å². The van der Waals surface area contributed by atoms with Gasteiger partial charge in [-0.15, -0.1) is 0 Å². The van der Waals surface area contributed by atoms with E-state index in [2.05, 4.69) is 15.5 Å². The van der Waals surface area contributed by atoms with Crippen molar-refractivity contribution in [2.45, 2.75) is 12.8 Å². The molecule has 0 bridgehead atoms. The normalized spacial score (nSPS) is 11.0. The van der Waals surface area contributed by atoms with Crippen LogP contribution in [0.5, 0.6) is 11.5 Å². The van der Waals surface area contributed by atoms with E-state index in [4.69, 9.17) is 9.47 Å². The number of aromatic nitrogens is 1. The number of aryl methyl sites for hydroxylation is 1. The summed E-state index contributed by atoms with van der Waals surface area (Å²) in [6.45, 7) is 0. The van der Waals surface area contributed by atoms with E-state index in [1.165, 1.54) is 0 Å². The number of hydrogen-bond acceptors (Lipinski definition) is 4. The number of carbonyl (C=O) groups is 1. The van der Waals surface area contributed by atoms with Crippen LogP contribution in [0.4, 0.5) is 0 Å². The Labute approximate surface area is 151 Å². The number of carbonyl (C=O) groups excluding carboxylic acids is 1. The molecule has 1 aromatic heterocycles. The molecular weight excluding hydrogens is 330 g/mol. The highest BCUT2D eigenvalue weighted by atomic mass is 16.5. The van der Waals surface area contributed by atoms with Gasteiger partial charge in [-0.05, 0) is 41.8 Å². The molecule has 0 fully saturated rings. The number of nitrogens with one attached hydrogen (secondary N) is 2. The third-order valence-corrected chi connectivity index (χ3v) is 4.11. The summed E-state index contributed by atoms with van der Waals surface area (Å²) in [4.78, 5) is 15.2. The first-order chi connectivity index (χ1) is 12.7. The summed E-state index contributed by atoms with van der Waals surface area (Å²) in [7, 11) is 3.16. The zero-order valence-corrected chi connectivity index (χ0v) is 14.8. The number of hydrogen-bond donors (Lipinski definition) is 2. The molecule has 0 atom stereocenters. The van der Waals surface area contributed by atoms with Gasteiger partial charge in [0.25, 0.3) is 0 Å². The van der Waals surface area contributed by atoms with Gasteiger partial charge in [0.2, 0.25) is 5.91 Å². The lowest BCUT2D eigenvalue weighted by Gasteiger charge is -2.07. The lowest BCUT2D eigenvalue weighted by atomic mass is 10.1. The highest BCUT2D eigenvalue weighted by Gasteiger charge is 2.06. The molecule has 0 aliphatic rings. The van der Waals surface area contributed by atoms with Gasteiger partial charge in [0.05, 0.1) is 20.4 Å². The van der Waals surface area contributed by atoms with E-state index in [0.717, 1.165) is 22.0 Å². The topological polar surface area (TPSA) is 75.7 Å². The quantitative estimate of drug-likeness (QED) is 0.507. The molecule has 0 spiro atoms. The largest absolute Gasteiger partial charge is 0.493 e. The molecule has 2 aromatic carbocycles. The van der Waals surface area contributed by atoms with Crippen LogP contribution in [0, 0.1) is 0 Å². The summed E-state index contributed by atoms with van der Waals surface area (Å²) in [6, 6.07) is 13.5. The van der Waals surface area contributed by atoms with Crippen molar-refractivity contribution in [3.8, 4) is 11.5 Å². The van der Waals surface area contributed by atoms with Gasteiger partial charge in [0, 0.05) is 23.5 Å². The summed E-state index contributed by atoms with van der Waals surface area (Å²) in [5, 5.41) is 5.15. The van der Waals surface area contributed by atoms with Crippen LogP contribution in [0.1, 0.15) is 17.5 Å². The van der Waals surface area contributed by atoms with Crippen LogP contribution < -0.4 is 14.9 Å². The number of methoxy groups -OCH3 is 2. The zero-order valence-electron chi connectivity index (χ0n) is 14.8. The lowest BCUT2D eigenvalue weighted by Crippen LogP contribution is -2.17. The van der Waals surface area contributed by atoms with Gasteiger partial charge in [-0.25, -0.2) is 5.43 Å². The van der Waals surface area contributed by atoms with Crippen LogP contribution >= 0.6 is 0 Å². The van der Waals surface area contributed by atoms with E-state index >= 15 is 0 Å². The van der Waals surface area contributed by atoms with Gasteiger partial charge < -0.3 is 14.5 Å². The number of amides is 1. The molecule has 0 radical (unpaired) electrons. The third-order valence-electron chi connectivity index (χ3n) is 4.11. The van der Waals surface area contributed by atoms with Crippen molar-refractivity contribution in [2.24, 2.45) is 5.10 Å². The molecular formula is C20H21N3O3. The first-order valence-corrected chi connectivity index (χ1v) is 8.30. The van der Waals surface area contributed by atoms with Gasteiger partial charge in [-0.3, -0.25) is 4.79 Å². The Morgan fingerprint density at radius 1 is 1.15 bits per heavy atom. The number of ether oxygens (including phenoxy) is 2. The van der Waals surface area contributed by atoms with Crippen molar-refractivity contribution in [3.63, 3.8) is 0 Å². The standard InChI is InChI=1S/C20H21N3O3/c1-25-18-9-7-14(11-19(18)26-2)12-22-23-20(24)10-8-15-13-21-17-6-4-3-5-16(15)17/h3-7,9,11-13,21H,8,10H2,1-2H3,(H,23,24)/b22-12+. The van der Waals surface area contributed by atoms with Crippen LogP contribution in [0.2, 0.25) is 0 Å². The number of benzene rings is 2. The minimum atomic E-state index is -0.132. The fourth-order valence-electron chi connectivity index (χ4n) is 2.75. The summed E-state index contributed by atoms with van der Waals surface area (Å²) in [5.74, 6) is 1.13. The number of para-hydroxylation sites is 1. The van der Waals surface area contributed by atoms with E-state index in [1.807, 2.05) is 36.5 Å². The number of H-pyrrole nitrogens is 1. The second kappa shape index (κ2) is 8.20. The maximum atomic E-state index is 12.0. The second-order valence-corrected chi connectivity index (χ2v) is 5.77. The summed E-state index contributed by atoms with van der Waals surface area (Å²) >= 11 is 0. The van der Waals surface area contributed by atoms with Crippen LogP contribution in [-0.4, -0.2) is 31.3 Å². The van der Waals surface area contributed by atoms with Crippen molar-refractivity contribution in [1.29, 1.82) is 0 Å². The number of nitrogens with zero attached hydrogens (tertiary/aromatic N) is 1. The number of aromatic amines is 1. The van der Waals surface area contributed by atoms with E-state index in [1.54, 1.807) is 32.6 Å². The van der Waals surface area contributed by atoms with Crippen molar-refractivity contribution in [1.82, 2.24) is 10.4 Å². The summed E-state index contributed by atoms with van der Waals surface area (Å²) in [6.07, 6.45) is 4.54. The predicted octanol–water partition coefficient (Wildman–Crippen LogP) is 3.27. The molecule has 0 saturated carbocycles. The fraction of sp³-hybridized carbons (Fsp3) is 0.200. The SMILES string of the molecule is COc1ccc(/C=N/NC(=O)CCc2c[nH]c3ccccc23)cc1OC. The van der Waals surface area contributed by atoms with Crippen molar-refractivity contribution in [3.05, 3.63) is 59.8 Å². The first-order valence-electron chi connectivity index (χ1n) is 8.30. The molecule has 0 aliphatic carbocycles. The molecule has 2 N–H and O–H groups in total. The maximum absolute atomic E-state index is 12.0. The van der Waals surface area contributed by atoms with Gasteiger partial charge in [-0.2, -0.15) is 5.10 Å². The Bertz CT molecular complexity index is 931. The molecule has 3 aromatic rings. The number of fused-ring (bicyclic) bond motifs is 1. The third kappa shape index (κ3) is 4.03. The van der Waals surface area contributed by atoms with Gasteiger partial charge in [0.15, 0.2) is 11.5 Å². The summed E-state index contributed by atoms with van der Waals surface area (Å²) < 4.78 is 10.4. The molecule has 134 valence electrons. The van der Waals surface area contributed by atoms with Crippen LogP contribution in [-0.2, 0) is 11.2 Å². The Morgan fingerprint density at radius 2 is 1.96 bits per heavy atom. The molecule has 0 aliphatic heterocycles. The second-order valence-electron chi connectivity index (χ2n) is 5.77. The van der Waals surface area contributed by atoms with E-state index in [9.17, 15) is 4.79 Å². The lowest BCUT2D eigenvalue weighted by molar-refractivity contribution is -0.121. The Hall–Kier alpha value is -3.28. The van der Waals surface area contributed by atoms with Gasteiger partial charge in [0.1, 0.15) is 0 Å². The van der Waals surface area contributed by atoms with Crippen LogP contribution in [0.15, 0.2) is 53.8 Å². The highest BCUT2D eigenvalue weighted by Crippen LogP contribution is 2.26. The van der Waals surface area contributed by atoms with Crippen LogP contribution in [0.25, 0.3) is 10.9 Å². The first kappa shape index (κ1) is 17.5. The molecule has 0 unspecified atom stereocenters. The Morgan fingerprint density at radius 3 is 2.77 bits per heavy atom. The fourth-order valence-corrected chi connectivity index (χ4v) is 2.75. The molecule has 26 heavy (non-hydrogen) atoms. The maximum Gasteiger partial charge on any atom is 0.240 e. The average molecular weight is 351 g/mol. The van der Waals surface area contributed by atoms with Gasteiger partial charge in [-0.1, -0.05) is 18.2 Å². The minimum absolute atomic E-state index is 0.132. The molecule has 0 saturated heterocycles. The number of hydrazone groups is 1. The number of rotatable bonds is 7. The molecule has 3 rings (SSSR count). The molecule has 1 amide bonds. The monoisotopic (exact) mass is 351 g/mol. The highest BCUT2D eigenvalue weighted by molar-refractivity contribution is 5.85. The zero-order chi connectivity index (χ0) is 18.4. The smallest absolute Gasteiger partial charge is 0.240 e. The molecule has 1 heterocycles. The average Bonchev–Trinajstić information content (AvgIpc) is 3.09. The minimum Gasteiger partial charge on any atom is -0.493 e. The van der Waals surface area contributed by atoms with E-state index < -0.39 is 0 Å². The van der Waals surface area contributed by atoms with Crippen molar-refractivity contribution in [2.75, 3.05) is 14.2 Å². The van der Waals surface area contributed by atoms with Gasteiger partial charge >= 0.3 is 0 Å². The predicted molar refractivity (Wildman–Crippen MR) is 102 cm³/mol. The van der Waals surface area contributed by atoms with E-state index in [0.29, 0.717) is 24.3 Å². The van der Waals surface area contributed by atoms with Crippen LogP contribution in [0.3, 0.4) is 0 Å². The van der Waals surface area contributed by atoms with Crippen molar-refractivity contribution >= 4 is 23.0 Å².